The third-order valence-corrected chi connectivity index (χ3v) is 21.5. The van der Waals surface area contributed by atoms with Crippen LogP contribution < -0.4 is 0 Å². The van der Waals surface area contributed by atoms with E-state index < -0.39 is 97.5 Å². The first kappa shape index (κ1) is 98.1. The molecule has 0 saturated carbocycles. The molecule has 0 fully saturated rings. The molecule has 0 saturated heterocycles. The molecular weight excluding hydrogens is 1310 g/mol. The molecule has 0 aromatic heterocycles. The van der Waals surface area contributed by atoms with Crippen LogP contribution in [0.2, 0.25) is 0 Å². The molecular formula is C81H158O17P2. The summed E-state index contributed by atoms with van der Waals surface area (Å²) in [5.41, 5.74) is 0. The molecule has 4 unspecified atom stereocenters. The van der Waals surface area contributed by atoms with E-state index in [0.717, 1.165) is 108 Å². The minimum absolute atomic E-state index is 0.106. The first-order valence-electron chi connectivity index (χ1n) is 41.9. The monoisotopic (exact) mass is 1470 g/mol. The number of aliphatic hydroxyl groups excluding tert-OH is 1. The summed E-state index contributed by atoms with van der Waals surface area (Å²) in [6.45, 7) is 12.0. The number of carbonyl (C=O) groups is 4. The molecule has 0 heterocycles. The molecule has 3 N–H and O–H groups in total. The van der Waals surface area contributed by atoms with E-state index in [2.05, 4.69) is 48.5 Å². The van der Waals surface area contributed by atoms with Gasteiger partial charge in [0.1, 0.15) is 19.3 Å². The summed E-state index contributed by atoms with van der Waals surface area (Å²) in [7, 11) is -9.92. The van der Waals surface area contributed by atoms with Crippen molar-refractivity contribution in [2.75, 3.05) is 39.6 Å². The largest absolute Gasteiger partial charge is 0.472 e. The average Bonchev–Trinajstić information content (AvgIpc) is 0.913. The van der Waals surface area contributed by atoms with E-state index in [-0.39, 0.29) is 25.7 Å². The number of aliphatic hydroxyl groups is 1. The van der Waals surface area contributed by atoms with Gasteiger partial charge in [0.25, 0.3) is 0 Å². The average molecular weight is 1470 g/mol. The number of esters is 4. The second kappa shape index (κ2) is 71.3. The zero-order valence-electron chi connectivity index (χ0n) is 65.7. The standard InChI is InChI=1S/C81H158O17P2/c1-8-11-12-13-14-15-16-17-18-19-20-24-27-33-41-48-55-62-78(83)91-68-76(97-80(85)64-57-50-43-34-28-25-22-21-23-26-31-38-45-52-59-72(4)5)70-95-99(87,88)93-66-75(82)67-94-100(89,90)96-71-77(69-92-79(84)63-56-49-42-37-36-40-47-54-61-74(7)10-3)98-81(86)65-58-51-44-35-30-29-32-39-46-53-60-73(6)9-2/h72-77,82H,8-71H2,1-7H3,(H,87,88)(H,89,90)/t73?,74?,75-,76-,77-/m1/s1. The quantitative estimate of drug-likeness (QED) is 0.0222. The normalized spacial score (nSPS) is 14.5. The Morgan fingerprint density at radius 1 is 0.290 bits per heavy atom. The summed E-state index contributed by atoms with van der Waals surface area (Å²) < 4.78 is 68.8. The van der Waals surface area contributed by atoms with Crippen LogP contribution in [0.15, 0.2) is 0 Å². The van der Waals surface area contributed by atoms with Crippen molar-refractivity contribution in [2.24, 2.45) is 17.8 Å². The SMILES string of the molecule is CCCCCCCCCCCCCCCCCCCC(=O)OC[C@H](COP(=O)(O)OC[C@@H](O)COP(=O)(O)OC[C@@H](COC(=O)CCCCCCCCCCC(C)CC)OC(=O)CCCCCCCCCCCCC(C)CC)OC(=O)CCCCCCCCCCCCCCCCC(C)C. The van der Waals surface area contributed by atoms with E-state index in [1.54, 1.807) is 0 Å². The van der Waals surface area contributed by atoms with Crippen molar-refractivity contribution in [3.8, 4) is 0 Å². The molecule has 17 nitrogen and oxygen atoms in total. The van der Waals surface area contributed by atoms with Crippen LogP contribution in [0.3, 0.4) is 0 Å². The Hall–Kier alpha value is -1.94. The fourth-order valence-electron chi connectivity index (χ4n) is 12.4. The van der Waals surface area contributed by atoms with Gasteiger partial charge in [-0.25, -0.2) is 9.13 Å². The molecule has 0 aromatic rings. The topological polar surface area (TPSA) is 237 Å². The van der Waals surface area contributed by atoms with Crippen molar-refractivity contribution in [3.05, 3.63) is 0 Å². The molecule has 0 bridgehead atoms. The van der Waals surface area contributed by atoms with Crippen LogP contribution in [0, 0.1) is 17.8 Å². The van der Waals surface area contributed by atoms with Crippen molar-refractivity contribution in [1.29, 1.82) is 0 Å². The molecule has 0 amide bonds. The maximum atomic E-state index is 13.1. The molecule has 594 valence electrons. The van der Waals surface area contributed by atoms with Crippen molar-refractivity contribution in [2.45, 2.75) is 439 Å². The smallest absolute Gasteiger partial charge is 0.462 e. The predicted octanol–water partition coefficient (Wildman–Crippen LogP) is 24.1. The summed E-state index contributed by atoms with van der Waals surface area (Å²) in [5, 5.41) is 10.6. The van der Waals surface area contributed by atoms with Crippen LogP contribution in [0.5, 0.6) is 0 Å². The maximum Gasteiger partial charge on any atom is 0.472 e. The Morgan fingerprint density at radius 3 is 0.760 bits per heavy atom. The Balaban J connectivity index is 5.27. The summed E-state index contributed by atoms with van der Waals surface area (Å²) in [4.78, 5) is 73.1. The predicted molar refractivity (Wildman–Crippen MR) is 409 cm³/mol. The van der Waals surface area contributed by atoms with Gasteiger partial charge in [-0.2, -0.15) is 0 Å². The van der Waals surface area contributed by atoms with Crippen molar-refractivity contribution < 1.29 is 80.2 Å². The summed E-state index contributed by atoms with van der Waals surface area (Å²) in [5.74, 6) is 0.265. The molecule has 0 radical (unpaired) electrons. The molecule has 0 spiro atoms. The van der Waals surface area contributed by atoms with Gasteiger partial charge >= 0.3 is 39.5 Å². The van der Waals surface area contributed by atoms with Gasteiger partial charge in [-0.05, 0) is 43.4 Å². The second-order valence-electron chi connectivity index (χ2n) is 30.1. The lowest BCUT2D eigenvalue weighted by molar-refractivity contribution is -0.161. The molecule has 0 aromatic carbocycles. The van der Waals surface area contributed by atoms with Crippen molar-refractivity contribution in [1.82, 2.24) is 0 Å². The van der Waals surface area contributed by atoms with Crippen molar-refractivity contribution >= 4 is 39.5 Å². The summed E-state index contributed by atoms with van der Waals surface area (Å²) in [6, 6.07) is 0. The van der Waals surface area contributed by atoms with Crippen LogP contribution in [0.25, 0.3) is 0 Å². The van der Waals surface area contributed by atoms with Crippen LogP contribution in [0.1, 0.15) is 421 Å². The molecule has 0 aliphatic heterocycles. The van der Waals surface area contributed by atoms with Gasteiger partial charge in [0.15, 0.2) is 12.2 Å². The third-order valence-electron chi connectivity index (χ3n) is 19.6. The molecule has 100 heavy (non-hydrogen) atoms. The molecule has 7 atom stereocenters. The number of hydrogen-bond donors (Lipinski definition) is 3. The zero-order valence-corrected chi connectivity index (χ0v) is 67.5. The van der Waals surface area contributed by atoms with E-state index in [1.165, 1.54) is 231 Å². The van der Waals surface area contributed by atoms with Crippen LogP contribution in [-0.2, 0) is 65.4 Å². The van der Waals surface area contributed by atoms with E-state index in [1.807, 2.05) is 0 Å². The number of unbranched alkanes of at least 4 members (excludes halogenated alkanes) is 45. The minimum atomic E-state index is -4.96. The third kappa shape index (κ3) is 71.7. The Labute approximate surface area is 613 Å². The minimum Gasteiger partial charge on any atom is -0.462 e. The van der Waals surface area contributed by atoms with Crippen LogP contribution >= 0.6 is 15.6 Å². The number of phosphoric ester groups is 2. The fraction of sp³-hybridized carbons (Fsp3) is 0.951. The highest BCUT2D eigenvalue weighted by Crippen LogP contribution is 2.45. The first-order valence-corrected chi connectivity index (χ1v) is 44.9. The van der Waals surface area contributed by atoms with E-state index in [9.17, 15) is 43.2 Å². The lowest BCUT2D eigenvalue weighted by Crippen LogP contribution is -2.30. The van der Waals surface area contributed by atoms with E-state index in [4.69, 9.17) is 37.0 Å². The number of carbonyl (C=O) groups excluding carboxylic acids is 4. The zero-order chi connectivity index (χ0) is 73.7. The van der Waals surface area contributed by atoms with Gasteiger partial charge in [0, 0.05) is 25.7 Å². The molecule has 0 aliphatic rings. The first-order chi connectivity index (χ1) is 48.3. The molecule has 0 rings (SSSR count). The highest BCUT2D eigenvalue weighted by atomic mass is 31.2. The van der Waals surface area contributed by atoms with Crippen LogP contribution in [-0.4, -0.2) is 96.7 Å². The Bertz CT molecular complexity index is 1940. The van der Waals surface area contributed by atoms with Gasteiger partial charge in [0.05, 0.1) is 26.4 Å². The van der Waals surface area contributed by atoms with Gasteiger partial charge in [-0.3, -0.25) is 37.3 Å². The number of ether oxygens (including phenoxy) is 4. The van der Waals surface area contributed by atoms with E-state index >= 15 is 0 Å². The van der Waals surface area contributed by atoms with Crippen LogP contribution in [0.4, 0.5) is 0 Å². The Morgan fingerprint density at radius 2 is 0.510 bits per heavy atom. The highest BCUT2D eigenvalue weighted by Gasteiger charge is 2.30. The second-order valence-corrected chi connectivity index (χ2v) is 33.0. The molecule has 0 aliphatic carbocycles. The van der Waals surface area contributed by atoms with Gasteiger partial charge < -0.3 is 33.8 Å². The van der Waals surface area contributed by atoms with Gasteiger partial charge in [-0.1, -0.05) is 370 Å². The fourth-order valence-corrected chi connectivity index (χ4v) is 14.0. The van der Waals surface area contributed by atoms with Crippen molar-refractivity contribution in [3.63, 3.8) is 0 Å². The lowest BCUT2D eigenvalue weighted by Gasteiger charge is -2.21. The number of hydrogen-bond acceptors (Lipinski definition) is 15. The maximum absolute atomic E-state index is 13.1. The molecule has 19 heteroatoms. The van der Waals surface area contributed by atoms with Gasteiger partial charge in [-0.15, -0.1) is 0 Å². The number of rotatable bonds is 79. The lowest BCUT2D eigenvalue weighted by atomic mass is 9.99. The highest BCUT2D eigenvalue weighted by molar-refractivity contribution is 7.47. The Kier molecular flexibility index (Phi) is 69.9. The summed E-state index contributed by atoms with van der Waals surface area (Å²) in [6.07, 6.45) is 59.5. The number of phosphoric acid groups is 2. The summed E-state index contributed by atoms with van der Waals surface area (Å²) >= 11 is 0. The van der Waals surface area contributed by atoms with Gasteiger partial charge in [0.2, 0.25) is 0 Å². The van der Waals surface area contributed by atoms with E-state index in [0.29, 0.717) is 25.7 Å².